The highest BCUT2D eigenvalue weighted by atomic mass is 16.6. The molecule has 0 heterocycles. The number of nitrogen functional groups attached to an aromatic ring is 1. The number of non-ortho nitro benzene ring substituents is 1. The number of hydrogen-bond donors (Lipinski definition) is 3. The molecule has 0 fully saturated rings. The zero-order chi connectivity index (χ0) is 45.0. The number of carbonyl (C=O) groups is 7. The topological polar surface area (TPSA) is 240 Å². The quantitative estimate of drug-likeness (QED) is 0.0380. The first-order chi connectivity index (χ1) is 27.7. The molecule has 0 aliphatic heterocycles. The molecule has 1 aliphatic rings. The Labute approximate surface area is 348 Å². The van der Waals surface area contributed by atoms with Crippen LogP contribution in [0.3, 0.4) is 0 Å². The van der Waals surface area contributed by atoms with Crippen LogP contribution in [0.25, 0.3) is 0 Å². The third-order valence-corrected chi connectivity index (χ3v) is 9.07. The van der Waals surface area contributed by atoms with Gasteiger partial charge in [-0.2, -0.15) is 0 Å². The number of anilines is 2. The van der Waals surface area contributed by atoms with Crippen LogP contribution in [0.4, 0.5) is 17.1 Å². The Balaban J connectivity index is 1.75. The van der Waals surface area contributed by atoms with Gasteiger partial charge in [0.2, 0.25) is 0 Å². The van der Waals surface area contributed by atoms with E-state index in [1.807, 2.05) is 0 Å². The molecule has 0 aromatic heterocycles. The van der Waals surface area contributed by atoms with Crippen molar-refractivity contribution < 1.29 is 52.7 Å². The van der Waals surface area contributed by atoms with Gasteiger partial charge in [-0.25, -0.2) is 0 Å². The number of carbonyl (C=O) groups excluding carboxylic acids is 7. The molecule has 2 amide bonds. The number of nitrogens with zero attached hydrogens (tertiary/aromatic N) is 1. The number of nitro groups is 1. The molecule has 4 N–H and O–H groups in total. The van der Waals surface area contributed by atoms with Crippen LogP contribution in [-0.4, -0.2) is 68.6 Å². The molecule has 0 atom stereocenters. The van der Waals surface area contributed by atoms with Crippen molar-refractivity contribution >= 4 is 58.4 Å². The largest absolute Gasteiger partial charge is 0.460 e. The number of benzene rings is 3. The maximum atomic E-state index is 14.3. The van der Waals surface area contributed by atoms with Crippen LogP contribution in [0.2, 0.25) is 0 Å². The highest BCUT2D eigenvalue weighted by molar-refractivity contribution is 6.32. The van der Waals surface area contributed by atoms with Crippen LogP contribution >= 0.6 is 0 Å². The first-order valence-corrected chi connectivity index (χ1v) is 19.4. The predicted octanol–water partition coefficient (Wildman–Crippen LogP) is 7.04. The summed E-state index contributed by atoms with van der Waals surface area (Å²) in [5.41, 5.74) is 0.565. The second-order valence-corrected chi connectivity index (χ2v) is 17.6. The highest BCUT2D eigenvalue weighted by Crippen LogP contribution is 2.36. The fourth-order valence-corrected chi connectivity index (χ4v) is 6.60. The standard InChI is InChI=1S/C44H52N4O12/c1-41(2,3)58-32(49)16-19-44(20-17-33(50)59-42(4,5)6,21-18-34(51)60-43(7,8)9)47-40(55)26-22-25(23-27(24-26)48(56)57)39(54)46-31-15-14-30(45)35-36(31)38(53)29-13-11-10-12-28(29)37(35)52/h10-15,22-24H,16-21,45H2,1-9H3,(H,46,54)(H,47,55). The number of hydrogen-bond acceptors (Lipinski definition) is 13. The van der Waals surface area contributed by atoms with E-state index in [0.29, 0.717) is 0 Å². The van der Waals surface area contributed by atoms with Crippen molar-refractivity contribution in [3.8, 4) is 0 Å². The summed E-state index contributed by atoms with van der Waals surface area (Å²) in [6.45, 7) is 15.1. The van der Waals surface area contributed by atoms with Crippen molar-refractivity contribution in [2.45, 2.75) is 123 Å². The molecule has 0 saturated heterocycles. The Morgan fingerprint density at radius 1 is 0.633 bits per heavy atom. The maximum absolute atomic E-state index is 14.3. The summed E-state index contributed by atoms with van der Waals surface area (Å²) in [6.07, 6.45) is -1.21. The van der Waals surface area contributed by atoms with Gasteiger partial charge in [-0.05, 0) is 99.8 Å². The van der Waals surface area contributed by atoms with Crippen LogP contribution in [-0.2, 0) is 28.6 Å². The number of nitrogens with one attached hydrogen (secondary N) is 2. The Morgan fingerprint density at radius 3 is 1.47 bits per heavy atom. The van der Waals surface area contributed by atoms with E-state index in [4.69, 9.17) is 19.9 Å². The number of esters is 3. The average molecular weight is 829 g/mol. The van der Waals surface area contributed by atoms with Gasteiger partial charge in [0.15, 0.2) is 11.6 Å². The van der Waals surface area contributed by atoms with Crippen molar-refractivity contribution in [2.75, 3.05) is 11.1 Å². The number of nitro benzene ring substituents is 1. The molecule has 0 saturated carbocycles. The Morgan fingerprint density at radius 2 is 1.05 bits per heavy atom. The van der Waals surface area contributed by atoms with Gasteiger partial charge in [0.1, 0.15) is 16.8 Å². The molecular weight excluding hydrogens is 776 g/mol. The lowest BCUT2D eigenvalue weighted by molar-refractivity contribution is -0.384. The summed E-state index contributed by atoms with van der Waals surface area (Å²) in [5, 5.41) is 17.6. The Bertz CT molecular complexity index is 2160. The third-order valence-electron chi connectivity index (χ3n) is 9.07. The molecule has 16 nitrogen and oxygen atoms in total. The predicted molar refractivity (Wildman–Crippen MR) is 221 cm³/mol. The van der Waals surface area contributed by atoms with Crippen LogP contribution in [0.15, 0.2) is 54.6 Å². The SMILES string of the molecule is CC(C)(C)OC(=O)CCC(CCC(=O)OC(C)(C)C)(CCC(=O)OC(C)(C)C)NC(=O)c1cc(C(=O)Nc2ccc(N)c3c2C(=O)c2ccccc2C3=O)cc([N+](=O)[O-])c1. The number of amides is 2. The number of ether oxygens (including phenoxy) is 3. The number of fused-ring (bicyclic) bond motifs is 2. The van der Waals surface area contributed by atoms with E-state index < -0.39 is 74.2 Å². The summed E-state index contributed by atoms with van der Waals surface area (Å²) >= 11 is 0. The van der Waals surface area contributed by atoms with Gasteiger partial charge >= 0.3 is 17.9 Å². The van der Waals surface area contributed by atoms with Gasteiger partial charge in [-0.3, -0.25) is 43.7 Å². The van der Waals surface area contributed by atoms with Crippen molar-refractivity contribution in [1.29, 1.82) is 0 Å². The Hall–Kier alpha value is -6.45. The van der Waals surface area contributed by atoms with E-state index in [1.165, 1.54) is 24.3 Å². The molecule has 16 heteroatoms. The molecule has 0 spiro atoms. The fourth-order valence-electron chi connectivity index (χ4n) is 6.60. The van der Waals surface area contributed by atoms with Gasteiger partial charge in [-0.1, -0.05) is 24.3 Å². The van der Waals surface area contributed by atoms with E-state index >= 15 is 0 Å². The molecule has 0 radical (unpaired) electrons. The summed E-state index contributed by atoms with van der Waals surface area (Å²) in [6, 6.07) is 11.7. The highest BCUT2D eigenvalue weighted by Gasteiger charge is 2.37. The molecule has 320 valence electrons. The number of rotatable bonds is 14. The van der Waals surface area contributed by atoms with Gasteiger partial charge in [0, 0.05) is 64.9 Å². The van der Waals surface area contributed by atoms with Crippen molar-refractivity contribution in [1.82, 2.24) is 5.32 Å². The molecule has 4 rings (SSSR count). The van der Waals surface area contributed by atoms with E-state index in [0.717, 1.165) is 18.2 Å². The lowest BCUT2D eigenvalue weighted by Crippen LogP contribution is -2.50. The molecule has 60 heavy (non-hydrogen) atoms. The molecule has 3 aromatic rings. The normalized spacial score (nSPS) is 12.8. The molecule has 3 aromatic carbocycles. The first-order valence-electron chi connectivity index (χ1n) is 19.4. The van der Waals surface area contributed by atoms with Crippen LogP contribution in [0, 0.1) is 10.1 Å². The molecule has 1 aliphatic carbocycles. The minimum Gasteiger partial charge on any atom is -0.460 e. The van der Waals surface area contributed by atoms with Crippen LogP contribution in [0.1, 0.15) is 153 Å². The van der Waals surface area contributed by atoms with E-state index in [2.05, 4.69) is 10.6 Å². The van der Waals surface area contributed by atoms with E-state index in [9.17, 15) is 43.7 Å². The van der Waals surface area contributed by atoms with Crippen molar-refractivity contribution in [3.05, 3.63) is 98.1 Å². The van der Waals surface area contributed by atoms with E-state index in [-0.39, 0.29) is 83.3 Å². The summed E-state index contributed by atoms with van der Waals surface area (Å²) in [5.74, 6) is -4.90. The summed E-state index contributed by atoms with van der Waals surface area (Å²) in [7, 11) is 0. The number of nitrogens with two attached hydrogens (primary N) is 1. The molecule has 0 unspecified atom stereocenters. The van der Waals surface area contributed by atoms with E-state index in [1.54, 1.807) is 74.4 Å². The molecular formula is C44H52N4O12. The first kappa shape index (κ1) is 46.2. The van der Waals surface area contributed by atoms with Crippen molar-refractivity contribution in [2.24, 2.45) is 0 Å². The monoisotopic (exact) mass is 828 g/mol. The zero-order valence-corrected chi connectivity index (χ0v) is 35.4. The summed E-state index contributed by atoms with van der Waals surface area (Å²) < 4.78 is 16.5. The van der Waals surface area contributed by atoms with Gasteiger partial charge in [-0.15, -0.1) is 0 Å². The van der Waals surface area contributed by atoms with Gasteiger partial charge < -0.3 is 30.6 Å². The minimum atomic E-state index is -1.50. The average Bonchev–Trinajstić information content (AvgIpc) is 3.12. The van der Waals surface area contributed by atoms with Crippen molar-refractivity contribution in [3.63, 3.8) is 0 Å². The second-order valence-electron chi connectivity index (χ2n) is 17.6. The fraction of sp³-hybridized carbons (Fsp3) is 0.432. The second kappa shape index (κ2) is 17.8. The van der Waals surface area contributed by atoms with Gasteiger partial charge in [0.25, 0.3) is 17.5 Å². The van der Waals surface area contributed by atoms with Crippen LogP contribution in [0.5, 0.6) is 0 Å². The maximum Gasteiger partial charge on any atom is 0.306 e. The smallest absolute Gasteiger partial charge is 0.306 e. The van der Waals surface area contributed by atoms with Crippen LogP contribution < -0.4 is 16.4 Å². The summed E-state index contributed by atoms with van der Waals surface area (Å²) in [4.78, 5) is 106. The number of ketones is 2. The van der Waals surface area contributed by atoms with Gasteiger partial charge in [0.05, 0.1) is 21.7 Å². The molecule has 0 bridgehead atoms. The zero-order valence-electron chi connectivity index (χ0n) is 35.4. The lowest BCUT2D eigenvalue weighted by atomic mass is 9.82. The lowest BCUT2D eigenvalue weighted by Gasteiger charge is -2.36. The Kier molecular flexibility index (Phi) is 13.7. The minimum absolute atomic E-state index is 0.00125. The third kappa shape index (κ3) is 12.3.